The lowest BCUT2D eigenvalue weighted by molar-refractivity contribution is -0.148. The van der Waals surface area contributed by atoms with Gasteiger partial charge in [-0.25, -0.2) is 0 Å². The average molecular weight is 346 g/mol. The molecule has 0 bridgehead atoms. The first kappa shape index (κ1) is 17.2. The van der Waals surface area contributed by atoms with Crippen molar-refractivity contribution in [2.24, 2.45) is 0 Å². The van der Waals surface area contributed by atoms with E-state index in [2.05, 4.69) is 33.3 Å². The van der Waals surface area contributed by atoms with Gasteiger partial charge in [0.05, 0.1) is 29.0 Å². The Morgan fingerprint density at radius 2 is 2.15 bits per heavy atom. The minimum Gasteiger partial charge on any atom is -0.468 e. The van der Waals surface area contributed by atoms with Crippen LogP contribution in [-0.2, 0) is 9.53 Å². The quantitative estimate of drug-likeness (QED) is 0.805. The normalized spacial score (nSPS) is 15.8. The number of halogens is 1. The maximum atomic E-state index is 12.0. The van der Waals surface area contributed by atoms with Gasteiger partial charge in [0, 0.05) is 0 Å². The number of aryl methyl sites for hydroxylation is 1. The van der Waals surface area contributed by atoms with E-state index in [0.29, 0.717) is 13.0 Å². The summed E-state index contributed by atoms with van der Waals surface area (Å²) in [6.45, 7) is 10.6. The number of carbonyl (C=O) groups excluding carboxylic acids is 1. The van der Waals surface area contributed by atoms with Crippen LogP contribution in [0.15, 0.2) is 4.47 Å². The molecule has 0 saturated carbocycles. The smallest absolute Gasteiger partial charge is 0.325 e. The minimum atomic E-state index is -0.707. The molecule has 1 heterocycles. The maximum absolute atomic E-state index is 12.0. The van der Waals surface area contributed by atoms with E-state index in [4.69, 9.17) is 4.74 Å². The van der Waals surface area contributed by atoms with Crippen molar-refractivity contribution >= 4 is 21.9 Å². The zero-order valence-electron chi connectivity index (χ0n) is 13.1. The molecular weight excluding hydrogens is 322 g/mol. The fourth-order valence-electron chi connectivity index (χ4n) is 2.59. The number of aromatic nitrogens is 2. The zero-order valence-corrected chi connectivity index (χ0v) is 14.7. The highest BCUT2D eigenvalue weighted by Gasteiger charge is 2.36. The summed E-state index contributed by atoms with van der Waals surface area (Å²) in [6.07, 6.45) is 0.613. The number of methoxy groups -OCH3 is 1. The highest BCUT2D eigenvalue weighted by Crippen LogP contribution is 2.27. The second kappa shape index (κ2) is 6.72. The molecule has 2 atom stereocenters. The molecule has 1 N–H and O–H groups in total. The molecule has 0 amide bonds. The summed E-state index contributed by atoms with van der Waals surface area (Å²) >= 11 is 3.53. The first-order valence-electron chi connectivity index (χ1n) is 6.81. The largest absolute Gasteiger partial charge is 0.468 e. The summed E-state index contributed by atoms with van der Waals surface area (Å²) in [5.41, 5.74) is 1.32. The standard InChI is InChI=1S/C14H24BrN3O2/c1-7-16-14(5,13(19)20-6)8-9(2)18-11(4)12(15)10(3)17-18/h9,16H,7-8H2,1-6H3. The van der Waals surface area contributed by atoms with Crippen LogP contribution >= 0.6 is 15.9 Å². The highest BCUT2D eigenvalue weighted by molar-refractivity contribution is 9.10. The molecule has 1 aromatic heterocycles. The molecule has 0 aliphatic heterocycles. The average Bonchev–Trinajstić information content (AvgIpc) is 2.65. The van der Waals surface area contributed by atoms with Crippen LogP contribution < -0.4 is 5.32 Å². The van der Waals surface area contributed by atoms with E-state index in [1.165, 1.54) is 7.11 Å². The van der Waals surface area contributed by atoms with Crippen molar-refractivity contribution in [2.75, 3.05) is 13.7 Å². The van der Waals surface area contributed by atoms with Crippen LogP contribution in [0.3, 0.4) is 0 Å². The molecule has 20 heavy (non-hydrogen) atoms. The number of nitrogens with zero attached hydrogens (tertiary/aromatic N) is 2. The number of hydrogen-bond donors (Lipinski definition) is 1. The van der Waals surface area contributed by atoms with Gasteiger partial charge in [-0.3, -0.25) is 9.48 Å². The molecule has 6 heteroatoms. The Morgan fingerprint density at radius 3 is 2.55 bits per heavy atom. The van der Waals surface area contributed by atoms with Crippen LogP contribution in [0.1, 0.15) is 44.6 Å². The Kier molecular flexibility index (Phi) is 5.77. The molecule has 0 aromatic carbocycles. The Balaban J connectivity index is 2.99. The van der Waals surface area contributed by atoms with E-state index >= 15 is 0 Å². The van der Waals surface area contributed by atoms with Gasteiger partial charge in [0.1, 0.15) is 5.54 Å². The van der Waals surface area contributed by atoms with Crippen LogP contribution in [0.5, 0.6) is 0 Å². The third kappa shape index (κ3) is 3.41. The third-order valence-electron chi connectivity index (χ3n) is 3.56. The SMILES string of the molecule is CCNC(C)(CC(C)n1nc(C)c(Br)c1C)C(=O)OC. The lowest BCUT2D eigenvalue weighted by Gasteiger charge is -2.30. The van der Waals surface area contributed by atoms with Gasteiger partial charge in [-0.15, -0.1) is 0 Å². The molecule has 5 nitrogen and oxygen atoms in total. The lowest BCUT2D eigenvalue weighted by Crippen LogP contribution is -2.51. The molecule has 0 fully saturated rings. The van der Waals surface area contributed by atoms with E-state index in [-0.39, 0.29) is 12.0 Å². The van der Waals surface area contributed by atoms with Crippen molar-refractivity contribution in [1.82, 2.24) is 15.1 Å². The van der Waals surface area contributed by atoms with E-state index in [1.54, 1.807) is 0 Å². The Hall–Kier alpha value is -0.880. The summed E-state index contributed by atoms with van der Waals surface area (Å²) in [5.74, 6) is -0.244. The number of likely N-dealkylation sites (N-methyl/N-ethyl adjacent to an activating group) is 1. The van der Waals surface area contributed by atoms with Crippen molar-refractivity contribution in [3.05, 3.63) is 15.9 Å². The summed E-state index contributed by atoms with van der Waals surface area (Å²) in [5, 5.41) is 7.75. The van der Waals surface area contributed by atoms with Gasteiger partial charge in [-0.1, -0.05) is 6.92 Å². The van der Waals surface area contributed by atoms with Gasteiger partial charge in [0.25, 0.3) is 0 Å². The maximum Gasteiger partial charge on any atom is 0.325 e. The monoisotopic (exact) mass is 345 g/mol. The fraction of sp³-hybridized carbons (Fsp3) is 0.714. The van der Waals surface area contributed by atoms with Crippen molar-refractivity contribution in [2.45, 2.75) is 52.6 Å². The summed E-state index contributed by atoms with van der Waals surface area (Å²) in [4.78, 5) is 12.0. The zero-order chi connectivity index (χ0) is 15.5. The van der Waals surface area contributed by atoms with E-state index in [9.17, 15) is 4.79 Å². The fourth-order valence-corrected chi connectivity index (χ4v) is 2.85. The van der Waals surface area contributed by atoms with Gasteiger partial charge in [0.15, 0.2) is 0 Å². The number of carbonyl (C=O) groups is 1. The van der Waals surface area contributed by atoms with E-state index < -0.39 is 5.54 Å². The summed E-state index contributed by atoms with van der Waals surface area (Å²) in [7, 11) is 1.42. The molecule has 1 aromatic rings. The van der Waals surface area contributed by atoms with Gasteiger partial charge in [0.2, 0.25) is 0 Å². The minimum absolute atomic E-state index is 0.0862. The Bertz CT molecular complexity index is 487. The van der Waals surface area contributed by atoms with Crippen LogP contribution in [0.25, 0.3) is 0 Å². The molecule has 114 valence electrons. The molecule has 0 aliphatic carbocycles. The number of nitrogens with one attached hydrogen (secondary N) is 1. The lowest BCUT2D eigenvalue weighted by atomic mass is 9.93. The molecule has 2 unspecified atom stereocenters. The number of esters is 1. The van der Waals surface area contributed by atoms with Crippen molar-refractivity contribution < 1.29 is 9.53 Å². The third-order valence-corrected chi connectivity index (χ3v) is 4.71. The van der Waals surface area contributed by atoms with E-state index in [0.717, 1.165) is 15.9 Å². The van der Waals surface area contributed by atoms with Crippen LogP contribution in [0, 0.1) is 13.8 Å². The predicted molar refractivity (Wildman–Crippen MR) is 82.8 cm³/mol. The van der Waals surface area contributed by atoms with Gasteiger partial charge < -0.3 is 10.1 Å². The molecule has 1 rings (SSSR count). The van der Waals surface area contributed by atoms with Gasteiger partial charge in [-0.05, 0) is 56.6 Å². The first-order valence-corrected chi connectivity index (χ1v) is 7.60. The molecule has 0 spiro atoms. The molecule has 0 saturated heterocycles. The number of hydrogen-bond acceptors (Lipinski definition) is 4. The first-order chi connectivity index (χ1) is 9.26. The Labute approximate surface area is 129 Å². The van der Waals surface area contributed by atoms with E-state index in [1.807, 2.05) is 32.4 Å². The highest BCUT2D eigenvalue weighted by atomic mass is 79.9. The topological polar surface area (TPSA) is 56.2 Å². The Morgan fingerprint density at radius 1 is 1.55 bits per heavy atom. The second-order valence-corrected chi connectivity index (χ2v) is 6.13. The van der Waals surface area contributed by atoms with Gasteiger partial charge in [-0.2, -0.15) is 5.10 Å². The van der Waals surface area contributed by atoms with Gasteiger partial charge >= 0.3 is 5.97 Å². The molecular formula is C14H24BrN3O2. The molecule has 0 aliphatic rings. The van der Waals surface area contributed by atoms with Crippen molar-refractivity contribution in [1.29, 1.82) is 0 Å². The predicted octanol–water partition coefficient (Wildman–Crippen LogP) is 2.75. The molecule has 0 radical (unpaired) electrons. The number of rotatable bonds is 6. The summed E-state index contributed by atoms with van der Waals surface area (Å²) < 4.78 is 7.90. The van der Waals surface area contributed by atoms with Crippen LogP contribution in [0.4, 0.5) is 0 Å². The number of ether oxygens (including phenoxy) is 1. The summed E-state index contributed by atoms with van der Waals surface area (Å²) in [6, 6.07) is 0.0862. The second-order valence-electron chi connectivity index (χ2n) is 5.34. The van der Waals surface area contributed by atoms with Crippen molar-refractivity contribution in [3.63, 3.8) is 0 Å². The van der Waals surface area contributed by atoms with Crippen molar-refractivity contribution in [3.8, 4) is 0 Å². The van der Waals surface area contributed by atoms with Crippen LogP contribution in [0.2, 0.25) is 0 Å². The van der Waals surface area contributed by atoms with Crippen LogP contribution in [-0.4, -0.2) is 34.9 Å².